The number of nitrogens with zero attached hydrogens (tertiary/aromatic N) is 4. The number of anilines is 1. The highest BCUT2D eigenvalue weighted by molar-refractivity contribution is 7.90. The van der Waals surface area contributed by atoms with Gasteiger partial charge >= 0.3 is 0 Å². The zero-order valence-corrected chi connectivity index (χ0v) is 22.7. The number of aromatic nitrogens is 3. The van der Waals surface area contributed by atoms with E-state index in [1.807, 2.05) is 25.3 Å². The van der Waals surface area contributed by atoms with Crippen molar-refractivity contribution >= 4 is 26.7 Å². The van der Waals surface area contributed by atoms with Crippen molar-refractivity contribution < 1.29 is 8.42 Å². The Balaban J connectivity index is 1.32. The van der Waals surface area contributed by atoms with Crippen LogP contribution >= 0.6 is 0 Å². The van der Waals surface area contributed by atoms with Gasteiger partial charge in [0, 0.05) is 55.2 Å². The third-order valence-electron chi connectivity index (χ3n) is 8.44. The van der Waals surface area contributed by atoms with Crippen LogP contribution in [-0.4, -0.2) is 48.1 Å². The number of rotatable bonds is 4. The quantitative estimate of drug-likeness (QED) is 0.430. The first kappa shape index (κ1) is 24.9. The molecule has 2 aliphatic rings. The van der Waals surface area contributed by atoms with Crippen molar-refractivity contribution in [3.8, 4) is 11.1 Å². The summed E-state index contributed by atoms with van der Waals surface area (Å²) in [6.07, 6.45) is 9.97. The first-order chi connectivity index (χ1) is 18.3. The lowest BCUT2D eigenvalue weighted by Crippen LogP contribution is -2.45. The van der Waals surface area contributed by atoms with Gasteiger partial charge in [0.2, 0.25) is 0 Å². The number of hydrogen-bond donors (Lipinski definition) is 1. The molecule has 0 saturated carbocycles. The number of pyridine rings is 2. The zero-order chi connectivity index (χ0) is 26.5. The van der Waals surface area contributed by atoms with E-state index in [0.717, 1.165) is 52.7 Å². The Morgan fingerprint density at radius 3 is 2.32 bits per heavy atom. The van der Waals surface area contributed by atoms with Crippen molar-refractivity contribution in [1.82, 2.24) is 18.8 Å². The molecule has 0 bridgehead atoms. The average molecular weight is 532 g/mol. The van der Waals surface area contributed by atoms with Crippen molar-refractivity contribution in [2.24, 2.45) is 12.5 Å². The second kappa shape index (κ2) is 9.39. The van der Waals surface area contributed by atoms with Gasteiger partial charge in [-0.1, -0.05) is 17.7 Å². The van der Waals surface area contributed by atoms with E-state index >= 15 is 0 Å². The molecule has 198 valence electrons. The van der Waals surface area contributed by atoms with Gasteiger partial charge in [0.25, 0.3) is 15.6 Å². The van der Waals surface area contributed by atoms with E-state index in [-0.39, 0.29) is 16.0 Å². The van der Waals surface area contributed by atoms with E-state index in [4.69, 9.17) is 4.98 Å². The lowest BCUT2D eigenvalue weighted by molar-refractivity contribution is 0.154. The summed E-state index contributed by atoms with van der Waals surface area (Å²) in [6, 6.07) is 12.4. The SMILES string of the molecule is Cc1ccc(S(=O)(=O)n2ccc3c(-c4ccc(N5CCC6(CCNCC6)CC5)nc4)cn(C)c(=O)c32)cc1. The summed E-state index contributed by atoms with van der Waals surface area (Å²) < 4.78 is 29.5. The predicted octanol–water partition coefficient (Wildman–Crippen LogP) is 3.92. The van der Waals surface area contributed by atoms with Crippen LogP contribution in [-0.2, 0) is 17.1 Å². The molecule has 2 saturated heterocycles. The number of piperidine rings is 2. The van der Waals surface area contributed by atoms with Crippen molar-refractivity contribution in [2.45, 2.75) is 37.5 Å². The zero-order valence-electron chi connectivity index (χ0n) is 21.9. The lowest BCUT2D eigenvalue weighted by atomic mass is 9.71. The minimum absolute atomic E-state index is 0.137. The molecule has 9 heteroatoms. The maximum Gasteiger partial charge on any atom is 0.275 e. The predicted molar refractivity (Wildman–Crippen MR) is 150 cm³/mol. The fraction of sp³-hybridized carbons (Fsp3) is 0.379. The van der Waals surface area contributed by atoms with Crippen LogP contribution in [0.1, 0.15) is 31.2 Å². The molecule has 0 amide bonds. The Morgan fingerprint density at radius 1 is 0.947 bits per heavy atom. The van der Waals surface area contributed by atoms with Gasteiger partial charge in [0.05, 0.1) is 4.90 Å². The fourth-order valence-corrected chi connectivity index (χ4v) is 7.33. The fourth-order valence-electron chi connectivity index (χ4n) is 5.98. The summed E-state index contributed by atoms with van der Waals surface area (Å²) in [5.41, 5.74) is 2.82. The van der Waals surface area contributed by atoms with Gasteiger partial charge in [-0.3, -0.25) is 4.79 Å². The molecule has 1 aromatic carbocycles. The molecule has 8 nitrogen and oxygen atoms in total. The van der Waals surface area contributed by atoms with Crippen molar-refractivity contribution in [1.29, 1.82) is 0 Å². The van der Waals surface area contributed by atoms with E-state index in [1.54, 1.807) is 43.6 Å². The highest BCUT2D eigenvalue weighted by Crippen LogP contribution is 2.40. The summed E-state index contributed by atoms with van der Waals surface area (Å²) in [5, 5.41) is 4.07. The Hall–Kier alpha value is -3.43. The van der Waals surface area contributed by atoms with Gasteiger partial charge in [-0.2, -0.15) is 0 Å². The molecule has 2 aliphatic heterocycles. The average Bonchev–Trinajstić information content (AvgIpc) is 3.39. The molecule has 38 heavy (non-hydrogen) atoms. The van der Waals surface area contributed by atoms with Gasteiger partial charge < -0.3 is 14.8 Å². The number of hydrogen-bond acceptors (Lipinski definition) is 6. The molecule has 1 spiro atoms. The Labute approximate surface area is 223 Å². The monoisotopic (exact) mass is 531 g/mol. The van der Waals surface area contributed by atoms with Gasteiger partial charge in [0.15, 0.2) is 0 Å². The number of benzene rings is 1. The first-order valence-corrected chi connectivity index (χ1v) is 14.7. The summed E-state index contributed by atoms with van der Waals surface area (Å²) in [7, 11) is -2.29. The Bertz CT molecular complexity index is 1640. The maximum absolute atomic E-state index is 13.5. The molecule has 0 aliphatic carbocycles. The number of fused-ring (bicyclic) bond motifs is 1. The van der Waals surface area contributed by atoms with Crippen LogP contribution in [0.25, 0.3) is 22.0 Å². The highest BCUT2D eigenvalue weighted by atomic mass is 32.2. The normalized spacial score (nSPS) is 17.8. The van der Waals surface area contributed by atoms with E-state index < -0.39 is 10.0 Å². The molecule has 5 heterocycles. The summed E-state index contributed by atoms with van der Waals surface area (Å²) in [5.74, 6) is 0.957. The molecule has 4 aromatic rings. The molecule has 6 rings (SSSR count). The molecule has 2 fully saturated rings. The maximum atomic E-state index is 13.5. The topological polar surface area (TPSA) is 89.2 Å². The highest BCUT2D eigenvalue weighted by Gasteiger charge is 2.35. The van der Waals surface area contributed by atoms with E-state index in [0.29, 0.717) is 10.8 Å². The molecular weight excluding hydrogens is 498 g/mol. The minimum Gasteiger partial charge on any atom is -0.357 e. The third-order valence-corrected chi connectivity index (χ3v) is 10.1. The Kier molecular flexibility index (Phi) is 6.15. The van der Waals surface area contributed by atoms with Gasteiger partial charge in [-0.05, 0) is 81.4 Å². The molecule has 0 radical (unpaired) electrons. The van der Waals surface area contributed by atoms with Gasteiger partial charge in [-0.15, -0.1) is 0 Å². The number of aryl methyl sites for hydroxylation is 2. The molecule has 1 N–H and O–H groups in total. The second-order valence-electron chi connectivity index (χ2n) is 10.8. The number of nitrogens with one attached hydrogen (secondary N) is 1. The molecule has 0 atom stereocenters. The van der Waals surface area contributed by atoms with Crippen LogP contribution < -0.4 is 15.8 Å². The third kappa shape index (κ3) is 4.23. The van der Waals surface area contributed by atoms with Gasteiger partial charge in [0.1, 0.15) is 11.3 Å². The standard InChI is InChI=1S/C29H33N5O3S/c1-21-3-6-23(7-4-21)38(36,37)34-16-9-24-25(20-32(2)28(35)27(24)34)22-5-8-26(31-19-22)33-17-12-29(13-18-33)10-14-30-15-11-29/h3-9,16,19-20,30H,10-15,17-18H2,1-2H3. The Morgan fingerprint density at radius 2 is 1.66 bits per heavy atom. The largest absolute Gasteiger partial charge is 0.357 e. The van der Waals surface area contributed by atoms with Crippen LogP contribution in [0.4, 0.5) is 5.82 Å². The summed E-state index contributed by atoms with van der Waals surface area (Å²) >= 11 is 0. The minimum atomic E-state index is -3.93. The molecule has 3 aromatic heterocycles. The van der Waals surface area contributed by atoms with Crippen molar-refractivity contribution in [2.75, 3.05) is 31.1 Å². The van der Waals surface area contributed by atoms with Crippen LogP contribution in [0.2, 0.25) is 0 Å². The van der Waals surface area contributed by atoms with Crippen LogP contribution in [0.5, 0.6) is 0 Å². The van der Waals surface area contributed by atoms with Crippen molar-refractivity contribution in [3.63, 3.8) is 0 Å². The molecule has 0 unspecified atom stereocenters. The van der Waals surface area contributed by atoms with Crippen LogP contribution in [0.15, 0.2) is 70.7 Å². The van der Waals surface area contributed by atoms with Crippen LogP contribution in [0, 0.1) is 12.3 Å². The lowest BCUT2D eigenvalue weighted by Gasteiger charge is -2.44. The van der Waals surface area contributed by atoms with E-state index in [1.165, 1.54) is 36.4 Å². The first-order valence-electron chi connectivity index (χ1n) is 13.2. The molecular formula is C29H33N5O3S. The summed E-state index contributed by atoms with van der Waals surface area (Å²) in [4.78, 5) is 20.5. The van der Waals surface area contributed by atoms with Crippen molar-refractivity contribution in [3.05, 3.63) is 77.0 Å². The van der Waals surface area contributed by atoms with Gasteiger partial charge in [-0.25, -0.2) is 17.4 Å². The van der Waals surface area contributed by atoms with Crippen LogP contribution in [0.3, 0.4) is 0 Å². The van der Waals surface area contributed by atoms with E-state index in [9.17, 15) is 13.2 Å². The van der Waals surface area contributed by atoms with E-state index in [2.05, 4.69) is 10.2 Å². The second-order valence-corrected chi connectivity index (χ2v) is 12.6. The summed E-state index contributed by atoms with van der Waals surface area (Å²) in [6.45, 7) is 6.16. The smallest absolute Gasteiger partial charge is 0.275 e.